The van der Waals surface area contributed by atoms with Crippen LogP contribution in [0, 0.1) is 0 Å². The van der Waals surface area contributed by atoms with Gasteiger partial charge in [-0.15, -0.1) is 0 Å². The van der Waals surface area contributed by atoms with Crippen molar-refractivity contribution >= 4 is 32.6 Å². The largest absolute Gasteiger partial charge is 0.483 e. The van der Waals surface area contributed by atoms with E-state index in [0.717, 1.165) is 34.5 Å². The first-order valence-corrected chi connectivity index (χ1v) is 9.69. The minimum Gasteiger partial charge on any atom is -0.483 e. The second-order valence-electron chi connectivity index (χ2n) is 6.60. The van der Waals surface area contributed by atoms with E-state index >= 15 is 0 Å². The maximum Gasteiger partial charge on any atom is 0.258 e. The average molecular weight is 410 g/mol. The molecular formula is C22H20BrNO2. The van der Waals surface area contributed by atoms with Gasteiger partial charge in [-0.1, -0.05) is 54.6 Å². The zero-order valence-electron chi connectivity index (χ0n) is 14.4. The van der Waals surface area contributed by atoms with Crippen molar-refractivity contribution in [1.29, 1.82) is 0 Å². The summed E-state index contributed by atoms with van der Waals surface area (Å²) in [6.45, 7) is 0.00953. The summed E-state index contributed by atoms with van der Waals surface area (Å²) in [6.07, 6.45) is 3.16. The predicted molar refractivity (Wildman–Crippen MR) is 107 cm³/mol. The van der Waals surface area contributed by atoms with Crippen LogP contribution < -0.4 is 10.1 Å². The number of amides is 1. The topological polar surface area (TPSA) is 38.3 Å². The Morgan fingerprint density at radius 2 is 1.88 bits per heavy atom. The number of benzene rings is 3. The lowest BCUT2D eigenvalue weighted by Gasteiger charge is -2.26. The summed E-state index contributed by atoms with van der Waals surface area (Å²) in [5, 5.41) is 5.33. The average Bonchev–Trinajstić information content (AvgIpc) is 2.68. The Morgan fingerprint density at radius 3 is 2.81 bits per heavy atom. The Morgan fingerprint density at radius 1 is 1.08 bits per heavy atom. The molecular weight excluding hydrogens is 390 g/mol. The molecule has 0 radical (unpaired) electrons. The number of halogens is 1. The number of nitrogens with one attached hydrogen (secondary N) is 1. The molecule has 3 aromatic rings. The summed E-state index contributed by atoms with van der Waals surface area (Å²) in [7, 11) is 0. The Labute approximate surface area is 161 Å². The highest BCUT2D eigenvalue weighted by molar-refractivity contribution is 9.10. The first-order chi connectivity index (χ1) is 12.7. The van der Waals surface area contributed by atoms with Gasteiger partial charge in [0.1, 0.15) is 5.75 Å². The number of carbonyl (C=O) groups excluding carboxylic acids is 1. The van der Waals surface area contributed by atoms with E-state index < -0.39 is 0 Å². The lowest BCUT2D eigenvalue weighted by Crippen LogP contribution is -2.34. The van der Waals surface area contributed by atoms with Crippen molar-refractivity contribution < 1.29 is 9.53 Å². The molecule has 0 heterocycles. The molecule has 0 aromatic heterocycles. The third-order valence-corrected chi connectivity index (χ3v) is 5.71. The van der Waals surface area contributed by atoms with Crippen molar-refractivity contribution in [2.24, 2.45) is 0 Å². The molecule has 1 atom stereocenters. The molecule has 0 bridgehead atoms. The second-order valence-corrected chi connectivity index (χ2v) is 7.39. The normalized spacial score (nSPS) is 16.1. The number of carbonyl (C=O) groups is 1. The van der Waals surface area contributed by atoms with Gasteiger partial charge in [-0.3, -0.25) is 4.79 Å². The monoisotopic (exact) mass is 409 g/mol. The summed E-state index contributed by atoms with van der Waals surface area (Å²) in [5.74, 6) is 0.592. The Bertz CT molecular complexity index is 954. The second kappa shape index (κ2) is 7.50. The van der Waals surface area contributed by atoms with E-state index in [1.54, 1.807) is 0 Å². The SMILES string of the molecule is O=C(COc1ccc2ccccc2c1Br)N[C@@H]1CCCc2ccccc21. The molecule has 1 amide bonds. The van der Waals surface area contributed by atoms with Gasteiger partial charge in [0.2, 0.25) is 0 Å². The van der Waals surface area contributed by atoms with Crippen LogP contribution in [0.1, 0.15) is 30.0 Å². The van der Waals surface area contributed by atoms with Gasteiger partial charge in [0.05, 0.1) is 10.5 Å². The van der Waals surface area contributed by atoms with E-state index in [9.17, 15) is 4.79 Å². The minimum atomic E-state index is -0.0910. The minimum absolute atomic E-state index is 0.00953. The standard InChI is InChI=1S/C22H20BrNO2/c23-22-18-10-4-2-7-16(18)12-13-20(22)26-14-21(25)24-19-11-5-8-15-6-1-3-9-17(15)19/h1-4,6-7,9-10,12-13,19H,5,8,11,14H2,(H,24,25)/t19-/m1/s1. The molecule has 132 valence electrons. The van der Waals surface area contributed by atoms with Gasteiger partial charge in [-0.2, -0.15) is 0 Å². The molecule has 0 saturated heterocycles. The smallest absolute Gasteiger partial charge is 0.258 e. The van der Waals surface area contributed by atoms with Gasteiger partial charge in [0, 0.05) is 0 Å². The van der Waals surface area contributed by atoms with Crippen molar-refractivity contribution in [2.45, 2.75) is 25.3 Å². The van der Waals surface area contributed by atoms with Crippen LogP contribution in [0.15, 0.2) is 65.1 Å². The highest BCUT2D eigenvalue weighted by atomic mass is 79.9. The number of ether oxygens (including phenoxy) is 1. The zero-order valence-corrected chi connectivity index (χ0v) is 16.0. The fourth-order valence-electron chi connectivity index (χ4n) is 3.61. The lowest BCUT2D eigenvalue weighted by molar-refractivity contribution is -0.124. The van der Waals surface area contributed by atoms with Crippen LogP contribution in [0.4, 0.5) is 0 Å². The highest BCUT2D eigenvalue weighted by Crippen LogP contribution is 2.33. The van der Waals surface area contributed by atoms with E-state index in [0.29, 0.717) is 5.75 Å². The van der Waals surface area contributed by atoms with Gasteiger partial charge in [0.15, 0.2) is 6.61 Å². The van der Waals surface area contributed by atoms with Crippen molar-refractivity contribution in [3.8, 4) is 5.75 Å². The predicted octanol–water partition coefficient (Wildman–Crippen LogP) is 5.17. The number of hydrogen-bond donors (Lipinski definition) is 1. The van der Waals surface area contributed by atoms with Gasteiger partial charge in [-0.25, -0.2) is 0 Å². The summed E-state index contributed by atoms with van der Waals surface area (Å²) >= 11 is 3.60. The third-order valence-electron chi connectivity index (χ3n) is 4.89. The maximum absolute atomic E-state index is 12.4. The molecule has 0 aliphatic heterocycles. The van der Waals surface area contributed by atoms with Crippen molar-refractivity contribution in [1.82, 2.24) is 5.32 Å². The molecule has 1 N–H and O–H groups in total. The maximum atomic E-state index is 12.4. The van der Waals surface area contributed by atoms with Crippen LogP contribution in [0.5, 0.6) is 5.75 Å². The summed E-state index contributed by atoms with van der Waals surface area (Å²) in [5.41, 5.74) is 2.57. The summed E-state index contributed by atoms with van der Waals surface area (Å²) in [4.78, 5) is 12.4. The fourth-order valence-corrected chi connectivity index (χ4v) is 4.22. The van der Waals surface area contributed by atoms with Crippen molar-refractivity contribution in [3.63, 3.8) is 0 Å². The molecule has 3 nitrogen and oxygen atoms in total. The summed E-state index contributed by atoms with van der Waals surface area (Å²) < 4.78 is 6.66. The number of hydrogen-bond acceptors (Lipinski definition) is 2. The third kappa shape index (κ3) is 3.47. The first-order valence-electron chi connectivity index (χ1n) is 8.89. The van der Waals surface area contributed by atoms with Gasteiger partial charge < -0.3 is 10.1 Å². The molecule has 4 rings (SSSR count). The molecule has 4 heteroatoms. The van der Waals surface area contributed by atoms with Gasteiger partial charge in [0.25, 0.3) is 5.91 Å². The molecule has 3 aromatic carbocycles. The quantitative estimate of drug-likeness (QED) is 0.644. The number of aryl methyl sites for hydroxylation is 1. The van der Waals surface area contributed by atoms with Gasteiger partial charge in [-0.05, 0) is 63.2 Å². The zero-order chi connectivity index (χ0) is 17.9. The summed E-state index contributed by atoms with van der Waals surface area (Å²) in [6, 6.07) is 20.4. The van der Waals surface area contributed by atoms with E-state index in [4.69, 9.17) is 4.74 Å². The van der Waals surface area contributed by atoms with E-state index in [-0.39, 0.29) is 18.6 Å². The van der Waals surface area contributed by atoms with Gasteiger partial charge >= 0.3 is 0 Å². The molecule has 0 spiro atoms. The van der Waals surface area contributed by atoms with E-state index in [2.05, 4.69) is 45.5 Å². The van der Waals surface area contributed by atoms with Crippen molar-refractivity contribution in [2.75, 3.05) is 6.61 Å². The molecule has 0 unspecified atom stereocenters. The van der Waals surface area contributed by atoms with E-state index in [1.807, 2.05) is 36.4 Å². The number of fused-ring (bicyclic) bond motifs is 2. The fraction of sp³-hybridized carbons (Fsp3) is 0.227. The van der Waals surface area contributed by atoms with Crippen LogP contribution in [0.2, 0.25) is 0 Å². The van der Waals surface area contributed by atoms with Crippen LogP contribution in [0.25, 0.3) is 10.8 Å². The molecule has 0 saturated carbocycles. The van der Waals surface area contributed by atoms with Crippen LogP contribution in [0.3, 0.4) is 0 Å². The van der Waals surface area contributed by atoms with Crippen LogP contribution in [-0.4, -0.2) is 12.5 Å². The molecule has 1 aliphatic rings. The van der Waals surface area contributed by atoms with E-state index in [1.165, 1.54) is 11.1 Å². The van der Waals surface area contributed by atoms with Crippen molar-refractivity contribution in [3.05, 3.63) is 76.3 Å². The molecule has 26 heavy (non-hydrogen) atoms. The lowest BCUT2D eigenvalue weighted by atomic mass is 9.88. The molecule has 1 aliphatic carbocycles. The number of rotatable bonds is 4. The highest BCUT2D eigenvalue weighted by Gasteiger charge is 2.21. The Balaban J connectivity index is 1.43. The Kier molecular flexibility index (Phi) is 4.93. The first kappa shape index (κ1) is 17.1. The van der Waals surface area contributed by atoms with Crippen LogP contribution >= 0.6 is 15.9 Å². The molecule has 0 fully saturated rings. The Hall–Kier alpha value is -2.33. The van der Waals surface area contributed by atoms with Crippen LogP contribution in [-0.2, 0) is 11.2 Å².